The molecule has 0 saturated carbocycles. The molecule has 0 radical (unpaired) electrons. The molecule has 1 aromatic rings. The highest BCUT2D eigenvalue weighted by Gasteiger charge is 2.26. The van der Waals surface area contributed by atoms with Crippen LogP contribution >= 0.6 is 11.3 Å². The lowest BCUT2D eigenvalue weighted by Crippen LogP contribution is -2.43. The van der Waals surface area contributed by atoms with Crippen molar-refractivity contribution in [2.75, 3.05) is 19.6 Å². The van der Waals surface area contributed by atoms with E-state index >= 15 is 0 Å². The maximum absolute atomic E-state index is 12.2. The zero-order valence-corrected chi connectivity index (χ0v) is 14.4. The van der Waals surface area contributed by atoms with Gasteiger partial charge in [0.15, 0.2) is 0 Å². The Hall–Kier alpha value is -0.430. The molecule has 0 saturated heterocycles. The predicted octanol–water partition coefficient (Wildman–Crippen LogP) is 2.33. The van der Waals surface area contributed by atoms with E-state index in [0.29, 0.717) is 13.1 Å². The van der Waals surface area contributed by atoms with E-state index in [9.17, 15) is 8.42 Å². The maximum atomic E-state index is 12.2. The number of hydrogen-bond donors (Lipinski definition) is 2. The second-order valence-corrected chi connectivity index (χ2v) is 8.87. The van der Waals surface area contributed by atoms with Gasteiger partial charge >= 0.3 is 0 Å². The summed E-state index contributed by atoms with van der Waals surface area (Å²) in [5, 5.41) is 4.74. The molecule has 2 N–H and O–H groups in total. The molecular weight excluding hydrogens is 292 g/mol. The van der Waals surface area contributed by atoms with E-state index in [1.54, 1.807) is 18.3 Å². The fourth-order valence-electron chi connectivity index (χ4n) is 1.77. The van der Waals surface area contributed by atoms with Gasteiger partial charge in [-0.05, 0) is 31.3 Å². The Morgan fingerprint density at radius 2 is 2.10 bits per heavy atom. The molecule has 0 fully saturated rings. The molecule has 1 aromatic heterocycles. The highest BCUT2D eigenvalue weighted by atomic mass is 32.2. The average Bonchev–Trinajstić information content (AvgIpc) is 2.91. The summed E-state index contributed by atoms with van der Waals surface area (Å²) in [5.74, 6) is 0. The molecule has 0 aliphatic heterocycles. The topological polar surface area (TPSA) is 58.2 Å². The second-order valence-electron chi connectivity index (χ2n) is 5.74. The Bertz CT molecular complexity index is 481. The normalized spacial score (nSPS) is 14.4. The van der Waals surface area contributed by atoms with Gasteiger partial charge < -0.3 is 5.32 Å². The van der Waals surface area contributed by atoms with Crippen molar-refractivity contribution in [3.8, 4) is 0 Å². The molecule has 0 aliphatic carbocycles. The monoisotopic (exact) mass is 318 g/mol. The smallest absolute Gasteiger partial charge is 0.215 e. The zero-order chi connectivity index (χ0) is 15.2. The summed E-state index contributed by atoms with van der Waals surface area (Å²) in [6.07, 6.45) is 1.01. The third-order valence-corrected chi connectivity index (χ3v) is 6.30. The lowest BCUT2D eigenvalue weighted by molar-refractivity contribution is 0.502. The summed E-state index contributed by atoms with van der Waals surface area (Å²) in [6.45, 7) is 9.68. The Kier molecular flexibility index (Phi) is 6.64. The number of sulfonamides is 1. The van der Waals surface area contributed by atoms with Gasteiger partial charge in [-0.15, -0.1) is 11.3 Å². The van der Waals surface area contributed by atoms with Gasteiger partial charge in [-0.3, -0.25) is 0 Å². The summed E-state index contributed by atoms with van der Waals surface area (Å²) in [4.78, 5) is 1.19. The van der Waals surface area contributed by atoms with Crippen molar-refractivity contribution in [1.82, 2.24) is 10.0 Å². The minimum atomic E-state index is -3.27. The van der Waals surface area contributed by atoms with Crippen molar-refractivity contribution in [3.63, 3.8) is 0 Å². The van der Waals surface area contributed by atoms with Gasteiger partial charge in [-0.2, -0.15) is 0 Å². The van der Waals surface area contributed by atoms with Crippen LogP contribution in [0.5, 0.6) is 0 Å². The van der Waals surface area contributed by atoms with Crippen molar-refractivity contribution in [1.29, 1.82) is 0 Å². The minimum absolute atomic E-state index is 0.183. The van der Waals surface area contributed by atoms with E-state index in [0.717, 1.165) is 13.0 Å². The first-order valence-electron chi connectivity index (χ1n) is 7.03. The Labute approximate surface area is 127 Å². The molecule has 0 bridgehead atoms. The highest BCUT2D eigenvalue weighted by Crippen LogP contribution is 2.26. The standard InChI is InChI=1S/C14H26N2O2S2/c1-5-8-15-10-12(2)20(17,18)16-11-14(3,4)13-7-6-9-19-13/h6-7,9,12,15-16H,5,8,10-11H2,1-4H3. The van der Waals surface area contributed by atoms with Gasteiger partial charge in [0.25, 0.3) is 0 Å². The van der Waals surface area contributed by atoms with Gasteiger partial charge in [-0.1, -0.05) is 26.8 Å². The number of nitrogens with one attached hydrogen (secondary N) is 2. The molecule has 20 heavy (non-hydrogen) atoms. The zero-order valence-electron chi connectivity index (χ0n) is 12.8. The van der Waals surface area contributed by atoms with Crippen molar-refractivity contribution >= 4 is 21.4 Å². The van der Waals surface area contributed by atoms with E-state index in [4.69, 9.17) is 0 Å². The van der Waals surface area contributed by atoms with Crippen LogP contribution in [-0.4, -0.2) is 33.3 Å². The molecule has 116 valence electrons. The van der Waals surface area contributed by atoms with Crippen LogP contribution in [0.3, 0.4) is 0 Å². The molecule has 1 rings (SSSR count). The molecular formula is C14H26N2O2S2. The Balaban J connectivity index is 2.54. The van der Waals surface area contributed by atoms with Gasteiger partial charge in [-0.25, -0.2) is 13.1 Å². The maximum Gasteiger partial charge on any atom is 0.215 e. The fraction of sp³-hybridized carbons (Fsp3) is 0.714. The van der Waals surface area contributed by atoms with Crippen LogP contribution < -0.4 is 10.0 Å². The number of rotatable bonds is 9. The first kappa shape index (κ1) is 17.6. The van der Waals surface area contributed by atoms with Crippen molar-refractivity contribution in [2.24, 2.45) is 0 Å². The number of hydrogen-bond acceptors (Lipinski definition) is 4. The quantitative estimate of drug-likeness (QED) is 0.687. The van der Waals surface area contributed by atoms with Gasteiger partial charge in [0.05, 0.1) is 5.25 Å². The molecule has 1 unspecified atom stereocenters. The molecule has 0 aliphatic rings. The van der Waals surface area contributed by atoms with Gasteiger partial charge in [0.2, 0.25) is 10.0 Å². The van der Waals surface area contributed by atoms with Crippen LogP contribution in [0, 0.1) is 0 Å². The Morgan fingerprint density at radius 3 is 2.65 bits per heavy atom. The van der Waals surface area contributed by atoms with E-state index in [2.05, 4.69) is 30.8 Å². The lowest BCUT2D eigenvalue weighted by atomic mass is 9.92. The minimum Gasteiger partial charge on any atom is -0.315 e. The van der Waals surface area contributed by atoms with Gasteiger partial charge in [0.1, 0.15) is 0 Å². The van der Waals surface area contributed by atoms with Gasteiger partial charge in [0, 0.05) is 23.4 Å². The number of thiophene rings is 1. The van der Waals surface area contributed by atoms with Crippen LogP contribution in [0.2, 0.25) is 0 Å². The largest absolute Gasteiger partial charge is 0.315 e. The highest BCUT2D eigenvalue weighted by molar-refractivity contribution is 7.90. The van der Waals surface area contributed by atoms with Crippen LogP contribution in [0.1, 0.15) is 39.0 Å². The van der Waals surface area contributed by atoms with E-state index in [1.807, 2.05) is 17.5 Å². The van der Waals surface area contributed by atoms with Crippen molar-refractivity contribution < 1.29 is 8.42 Å². The third kappa shape index (κ3) is 5.16. The average molecular weight is 319 g/mol. The van der Waals surface area contributed by atoms with E-state index in [-0.39, 0.29) is 5.41 Å². The summed E-state index contributed by atoms with van der Waals surface area (Å²) < 4.78 is 27.1. The summed E-state index contributed by atoms with van der Waals surface area (Å²) in [5.41, 5.74) is -0.183. The molecule has 0 amide bonds. The predicted molar refractivity (Wildman–Crippen MR) is 86.9 cm³/mol. The third-order valence-electron chi connectivity index (χ3n) is 3.29. The summed E-state index contributed by atoms with van der Waals surface area (Å²) >= 11 is 1.66. The van der Waals surface area contributed by atoms with E-state index in [1.165, 1.54) is 4.88 Å². The van der Waals surface area contributed by atoms with Crippen LogP contribution in [0.15, 0.2) is 17.5 Å². The molecule has 0 spiro atoms. The second kappa shape index (κ2) is 7.54. The summed E-state index contributed by atoms with van der Waals surface area (Å²) in [7, 11) is -3.27. The van der Waals surface area contributed by atoms with Crippen molar-refractivity contribution in [3.05, 3.63) is 22.4 Å². The molecule has 1 heterocycles. The van der Waals surface area contributed by atoms with Crippen LogP contribution in [0.4, 0.5) is 0 Å². The molecule has 0 aromatic carbocycles. The first-order valence-corrected chi connectivity index (χ1v) is 9.45. The molecule has 4 nitrogen and oxygen atoms in total. The van der Waals surface area contributed by atoms with Crippen LogP contribution in [-0.2, 0) is 15.4 Å². The van der Waals surface area contributed by atoms with E-state index < -0.39 is 15.3 Å². The van der Waals surface area contributed by atoms with Crippen molar-refractivity contribution in [2.45, 2.75) is 44.8 Å². The first-order chi connectivity index (χ1) is 9.29. The lowest BCUT2D eigenvalue weighted by Gasteiger charge is -2.25. The fourth-order valence-corrected chi connectivity index (χ4v) is 3.80. The van der Waals surface area contributed by atoms with Crippen LogP contribution in [0.25, 0.3) is 0 Å². The Morgan fingerprint density at radius 1 is 1.40 bits per heavy atom. The summed E-state index contributed by atoms with van der Waals surface area (Å²) in [6, 6.07) is 4.04. The SMILES string of the molecule is CCCNCC(C)S(=O)(=O)NCC(C)(C)c1cccs1. The molecule has 1 atom stereocenters. The molecule has 6 heteroatoms.